The molecule has 0 fully saturated rings. The van der Waals surface area contributed by atoms with Crippen LogP contribution in [0.25, 0.3) is 0 Å². The summed E-state index contributed by atoms with van der Waals surface area (Å²) >= 11 is 0. The zero-order chi connectivity index (χ0) is 13.5. The van der Waals surface area contributed by atoms with Crippen molar-refractivity contribution in [2.24, 2.45) is 0 Å². The summed E-state index contributed by atoms with van der Waals surface area (Å²) in [7, 11) is 0. The lowest BCUT2D eigenvalue weighted by atomic mass is 10.1. The molecule has 0 spiro atoms. The van der Waals surface area contributed by atoms with Crippen LogP contribution in [0.3, 0.4) is 0 Å². The number of hydrogen-bond acceptors (Lipinski definition) is 0. The third-order valence-electron chi connectivity index (χ3n) is 2.95. The summed E-state index contributed by atoms with van der Waals surface area (Å²) in [5.74, 6) is 5.78. The molecular weight excluding hydrogens is 235 g/mol. The maximum atomic E-state index is 13.0. The minimum atomic E-state index is -0.248. The molecule has 0 heterocycles. The normalized spacial score (nSPS) is 9.79. The smallest absolute Gasteiger partial charge is 0.124 e. The van der Waals surface area contributed by atoms with Crippen LogP contribution in [-0.2, 0) is 6.42 Å². The Balaban J connectivity index is 2.08. The highest BCUT2D eigenvalue weighted by Crippen LogP contribution is 2.08. The average Bonchev–Trinajstić information content (AvgIpc) is 2.44. The van der Waals surface area contributed by atoms with Crippen LogP contribution in [-0.4, -0.2) is 0 Å². The third-order valence-corrected chi connectivity index (χ3v) is 2.95. The van der Waals surface area contributed by atoms with E-state index in [0.29, 0.717) is 5.56 Å². The molecule has 2 rings (SSSR count). The van der Waals surface area contributed by atoms with Crippen LogP contribution < -0.4 is 0 Å². The molecule has 0 saturated heterocycles. The van der Waals surface area contributed by atoms with Gasteiger partial charge >= 0.3 is 0 Å². The van der Waals surface area contributed by atoms with Crippen molar-refractivity contribution in [3.63, 3.8) is 0 Å². The molecule has 19 heavy (non-hydrogen) atoms. The van der Waals surface area contributed by atoms with Gasteiger partial charge in [0.2, 0.25) is 0 Å². The zero-order valence-corrected chi connectivity index (χ0v) is 11.1. The van der Waals surface area contributed by atoms with Crippen molar-refractivity contribution in [3.05, 3.63) is 71.0 Å². The molecule has 0 nitrogen and oxygen atoms in total. The lowest BCUT2D eigenvalue weighted by molar-refractivity contribution is 0.627. The SMILES string of the molecule is CCCCc1ccc(C#Cc2cccc(F)c2)cc1. The molecular formula is C18H17F. The van der Waals surface area contributed by atoms with Crippen LogP contribution >= 0.6 is 0 Å². The van der Waals surface area contributed by atoms with Gasteiger partial charge in [-0.1, -0.05) is 43.4 Å². The molecule has 0 unspecified atom stereocenters. The third kappa shape index (κ3) is 4.26. The topological polar surface area (TPSA) is 0 Å². The summed E-state index contributed by atoms with van der Waals surface area (Å²) < 4.78 is 13.0. The van der Waals surface area contributed by atoms with E-state index in [-0.39, 0.29) is 5.82 Å². The second kappa shape index (κ2) is 6.75. The molecule has 0 atom stereocenters. The molecule has 0 N–H and O–H groups in total. The first-order chi connectivity index (χ1) is 9.28. The number of halogens is 1. The van der Waals surface area contributed by atoms with Crippen LogP contribution in [0.1, 0.15) is 36.5 Å². The number of aryl methyl sites for hydroxylation is 1. The van der Waals surface area contributed by atoms with Gasteiger partial charge in [-0.2, -0.15) is 0 Å². The zero-order valence-electron chi connectivity index (χ0n) is 11.1. The molecule has 2 aromatic carbocycles. The number of benzene rings is 2. The molecule has 2 aromatic rings. The van der Waals surface area contributed by atoms with Crippen molar-refractivity contribution >= 4 is 0 Å². The van der Waals surface area contributed by atoms with Crippen LogP contribution in [0.5, 0.6) is 0 Å². The molecule has 0 saturated carbocycles. The van der Waals surface area contributed by atoms with Crippen LogP contribution in [0, 0.1) is 17.7 Å². The maximum Gasteiger partial charge on any atom is 0.124 e. The van der Waals surface area contributed by atoms with E-state index >= 15 is 0 Å². The van der Waals surface area contributed by atoms with Gasteiger partial charge in [0.1, 0.15) is 5.82 Å². The lowest BCUT2D eigenvalue weighted by Crippen LogP contribution is -1.84. The van der Waals surface area contributed by atoms with Gasteiger partial charge in [0.15, 0.2) is 0 Å². The predicted octanol–water partition coefficient (Wildman–Crippen LogP) is 4.57. The average molecular weight is 252 g/mol. The van der Waals surface area contributed by atoms with Gasteiger partial charge in [0.25, 0.3) is 0 Å². The van der Waals surface area contributed by atoms with Crippen molar-refractivity contribution in [1.82, 2.24) is 0 Å². The van der Waals surface area contributed by atoms with E-state index in [0.717, 1.165) is 12.0 Å². The van der Waals surface area contributed by atoms with Crippen molar-refractivity contribution < 1.29 is 4.39 Å². The Hall–Kier alpha value is -2.07. The Morgan fingerprint density at radius 3 is 2.37 bits per heavy atom. The minimum Gasteiger partial charge on any atom is -0.207 e. The summed E-state index contributed by atoms with van der Waals surface area (Å²) in [5, 5.41) is 0. The molecule has 0 aliphatic carbocycles. The second-order valence-corrected chi connectivity index (χ2v) is 4.56. The number of hydrogen-bond donors (Lipinski definition) is 0. The second-order valence-electron chi connectivity index (χ2n) is 4.56. The number of rotatable bonds is 3. The first kappa shape index (κ1) is 13.4. The summed E-state index contributed by atoms with van der Waals surface area (Å²) in [4.78, 5) is 0. The largest absolute Gasteiger partial charge is 0.207 e. The first-order valence-corrected chi connectivity index (χ1v) is 6.64. The Labute approximate surface area is 114 Å². The van der Waals surface area contributed by atoms with E-state index in [2.05, 4.69) is 30.9 Å². The quantitative estimate of drug-likeness (QED) is 0.702. The van der Waals surface area contributed by atoms with Gasteiger partial charge in [-0.05, 0) is 48.7 Å². The van der Waals surface area contributed by atoms with Crippen LogP contribution in [0.15, 0.2) is 48.5 Å². The standard InChI is InChI=1S/C18H17F/c1-2-3-5-15-8-10-16(11-9-15)12-13-17-6-4-7-18(19)14-17/h4,6-11,14H,2-3,5H2,1H3. The Bertz CT molecular complexity index is 585. The fourth-order valence-corrected chi connectivity index (χ4v) is 1.85. The maximum absolute atomic E-state index is 13.0. The lowest BCUT2D eigenvalue weighted by Gasteiger charge is -1.99. The van der Waals surface area contributed by atoms with Crippen molar-refractivity contribution in [2.45, 2.75) is 26.2 Å². The van der Waals surface area contributed by atoms with Crippen molar-refractivity contribution in [1.29, 1.82) is 0 Å². The summed E-state index contributed by atoms with van der Waals surface area (Å²) in [6.07, 6.45) is 3.55. The fraction of sp³-hybridized carbons (Fsp3) is 0.222. The summed E-state index contributed by atoms with van der Waals surface area (Å²) in [6.45, 7) is 2.19. The van der Waals surface area contributed by atoms with Gasteiger partial charge in [-0.15, -0.1) is 0 Å². The van der Waals surface area contributed by atoms with E-state index in [4.69, 9.17) is 0 Å². The molecule has 0 aliphatic rings. The van der Waals surface area contributed by atoms with E-state index in [1.165, 1.54) is 30.5 Å². The highest BCUT2D eigenvalue weighted by Gasteiger charge is 1.93. The molecule has 0 aromatic heterocycles. The van der Waals surface area contributed by atoms with E-state index in [1.807, 2.05) is 18.2 Å². The van der Waals surface area contributed by atoms with Crippen molar-refractivity contribution in [2.75, 3.05) is 0 Å². The van der Waals surface area contributed by atoms with Gasteiger partial charge in [0.05, 0.1) is 0 Å². The van der Waals surface area contributed by atoms with Gasteiger partial charge < -0.3 is 0 Å². The highest BCUT2D eigenvalue weighted by molar-refractivity contribution is 5.43. The van der Waals surface area contributed by atoms with Crippen LogP contribution in [0.4, 0.5) is 4.39 Å². The molecule has 1 heteroatoms. The van der Waals surface area contributed by atoms with Gasteiger partial charge in [-0.3, -0.25) is 0 Å². The van der Waals surface area contributed by atoms with Gasteiger partial charge in [0, 0.05) is 11.1 Å². The Kier molecular flexibility index (Phi) is 4.75. The van der Waals surface area contributed by atoms with Crippen LogP contribution in [0.2, 0.25) is 0 Å². The number of unbranched alkanes of at least 4 members (excludes halogenated alkanes) is 1. The Morgan fingerprint density at radius 2 is 1.68 bits per heavy atom. The Morgan fingerprint density at radius 1 is 0.947 bits per heavy atom. The fourth-order valence-electron chi connectivity index (χ4n) is 1.85. The van der Waals surface area contributed by atoms with E-state index in [1.54, 1.807) is 6.07 Å². The van der Waals surface area contributed by atoms with Gasteiger partial charge in [-0.25, -0.2) is 4.39 Å². The van der Waals surface area contributed by atoms with Crippen molar-refractivity contribution in [3.8, 4) is 11.8 Å². The molecule has 96 valence electrons. The van der Waals surface area contributed by atoms with E-state index in [9.17, 15) is 4.39 Å². The summed E-state index contributed by atoms with van der Waals surface area (Å²) in [6, 6.07) is 14.6. The highest BCUT2D eigenvalue weighted by atomic mass is 19.1. The predicted molar refractivity (Wildman–Crippen MR) is 77.4 cm³/mol. The van der Waals surface area contributed by atoms with E-state index < -0.39 is 0 Å². The molecule has 0 radical (unpaired) electrons. The summed E-state index contributed by atoms with van der Waals surface area (Å²) in [5.41, 5.74) is 3.01. The monoisotopic (exact) mass is 252 g/mol. The molecule has 0 amide bonds. The molecule has 0 aliphatic heterocycles. The molecule has 0 bridgehead atoms. The minimum absolute atomic E-state index is 0.248. The first-order valence-electron chi connectivity index (χ1n) is 6.64.